The molecule has 132 valence electrons. The fourth-order valence-corrected chi connectivity index (χ4v) is 4.48. The fourth-order valence-electron chi connectivity index (χ4n) is 4.48. The summed E-state index contributed by atoms with van der Waals surface area (Å²) in [4.78, 5) is 25.9. The van der Waals surface area contributed by atoms with Gasteiger partial charge in [0, 0.05) is 23.8 Å². The normalized spacial score (nSPS) is 33.5. The number of ketones is 2. The van der Waals surface area contributed by atoms with Crippen molar-refractivity contribution in [2.45, 2.75) is 59.2 Å². The number of Topliss-reactive ketones (excluding diaryl/α,β-unsaturated/α-hetero) is 2. The maximum atomic E-state index is 13.4. The van der Waals surface area contributed by atoms with Gasteiger partial charge in [-0.15, -0.1) is 6.58 Å². The standard InChI is InChI=1S/C20H28O4/c1-5-19(3,18-23-10-11-24-18)12-16(22)20(4)13(2)6-7-14-8-9-15(21)17(14)20/h5,13,18H,1,6-12H2,2-4H3/t13-,19?,20+/m1/s1. The van der Waals surface area contributed by atoms with Crippen molar-refractivity contribution >= 4 is 11.6 Å². The highest BCUT2D eigenvalue weighted by molar-refractivity contribution is 6.07. The summed E-state index contributed by atoms with van der Waals surface area (Å²) in [5.74, 6) is 0.449. The highest BCUT2D eigenvalue weighted by Crippen LogP contribution is 2.52. The Balaban J connectivity index is 1.90. The van der Waals surface area contributed by atoms with E-state index in [1.165, 1.54) is 5.57 Å². The molecular formula is C20H28O4. The molecule has 1 aliphatic heterocycles. The summed E-state index contributed by atoms with van der Waals surface area (Å²) in [6.45, 7) is 11.0. The Kier molecular flexibility index (Phi) is 4.56. The molecule has 0 aromatic rings. The van der Waals surface area contributed by atoms with E-state index in [0.717, 1.165) is 24.8 Å². The zero-order valence-corrected chi connectivity index (χ0v) is 15.0. The number of hydrogen-bond acceptors (Lipinski definition) is 4. The van der Waals surface area contributed by atoms with Crippen LogP contribution in [0, 0.1) is 16.7 Å². The second-order valence-corrected chi connectivity index (χ2v) is 7.93. The molecule has 4 heteroatoms. The van der Waals surface area contributed by atoms with Gasteiger partial charge in [0.05, 0.1) is 18.6 Å². The molecule has 0 saturated carbocycles. The lowest BCUT2D eigenvalue weighted by molar-refractivity contribution is -0.143. The van der Waals surface area contributed by atoms with Crippen LogP contribution in [0.3, 0.4) is 0 Å². The van der Waals surface area contributed by atoms with Crippen molar-refractivity contribution in [3.05, 3.63) is 23.8 Å². The molecule has 0 N–H and O–H groups in total. The first-order chi connectivity index (χ1) is 11.3. The molecule has 3 atom stereocenters. The van der Waals surface area contributed by atoms with Crippen LogP contribution < -0.4 is 0 Å². The molecule has 1 unspecified atom stereocenters. The lowest BCUT2D eigenvalue weighted by Crippen LogP contribution is -2.44. The molecule has 0 spiro atoms. The highest BCUT2D eigenvalue weighted by atomic mass is 16.7. The molecule has 0 aromatic heterocycles. The lowest BCUT2D eigenvalue weighted by atomic mass is 9.60. The van der Waals surface area contributed by atoms with Crippen molar-refractivity contribution in [2.75, 3.05) is 13.2 Å². The quantitative estimate of drug-likeness (QED) is 0.722. The van der Waals surface area contributed by atoms with E-state index in [4.69, 9.17) is 9.47 Å². The Bertz CT molecular complexity index is 599. The summed E-state index contributed by atoms with van der Waals surface area (Å²) in [5.41, 5.74) is 0.758. The van der Waals surface area contributed by atoms with E-state index in [-0.39, 0.29) is 23.9 Å². The van der Waals surface area contributed by atoms with E-state index >= 15 is 0 Å². The predicted molar refractivity (Wildman–Crippen MR) is 91.4 cm³/mol. The van der Waals surface area contributed by atoms with Gasteiger partial charge in [-0.2, -0.15) is 0 Å². The van der Waals surface area contributed by atoms with Gasteiger partial charge in [-0.25, -0.2) is 0 Å². The number of rotatable bonds is 5. The third kappa shape index (κ3) is 2.60. The van der Waals surface area contributed by atoms with Crippen LogP contribution in [0.1, 0.15) is 52.9 Å². The Hall–Kier alpha value is -1.26. The minimum absolute atomic E-state index is 0.110. The van der Waals surface area contributed by atoms with E-state index in [0.29, 0.717) is 19.6 Å². The average molecular weight is 332 g/mol. The topological polar surface area (TPSA) is 52.6 Å². The van der Waals surface area contributed by atoms with Crippen molar-refractivity contribution in [1.82, 2.24) is 0 Å². The van der Waals surface area contributed by atoms with Crippen LogP contribution in [0.4, 0.5) is 0 Å². The smallest absolute Gasteiger partial charge is 0.166 e. The van der Waals surface area contributed by atoms with Crippen LogP contribution in [0.2, 0.25) is 0 Å². The minimum Gasteiger partial charge on any atom is -0.349 e. The molecule has 1 heterocycles. The van der Waals surface area contributed by atoms with Gasteiger partial charge in [0.2, 0.25) is 0 Å². The zero-order chi connectivity index (χ0) is 17.5. The van der Waals surface area contributed by atoms with E-state index < -0.39 is 17.1 Å². The zero-order valence-electron chi connectivity index (χ0n) is 15.0. The summed E-state index contributed by atoms with van der Waals surface area (Å²) in [7, 11) is 0. The van der Waals surface area contributed by atoms with E-state index in [1.807, 2.05) is 13.8 Å². The average Bonchev–Trinajstić information content (AvgIpc) is 3.21. The van der Waals surface area contributed by atoms with E-state index in [2.05, 4.69) is 13.5 Å². The number of carbonyl (C=O) groups excluding carboxylic acids is 2. The summed E-state index contributed by atoms with van der Waals surface area (Å²) in [5, 5.41) is 0. The van der Waals surface area contributed by atoms with E-state index in [1.54, 1.807) is 6.08 Å². The first kappa shape index (κ1) is 17.6. The molecule has 0 amide bonds. The molecule has 24 heavy (non-hydrogen) atoms. The Morgan fingerprint density at radius 2 is 2.00 bits per heavy atom. The van der Waals surface area contributed by atoms with Gasteiger partial charge in [0.1, 0.15) is 5.78 Å². The Morgan fingerprint density at radius 3 is 2.62 bits per heavy atom. The minimum atomic E-state index is -0.690. The largest absolute Gasteiger partial charge is 0.349 e. The molecule has 2 aliphatic carbocycles. The number of carbonyl (C=O) groups is 2. The molecule has 1 fully saturated rings. The van der Waals surface area contributed by atoms with Crippen molar-refractivity contribution < 1.29 is 19.1 Å². The van der Waals surface area contributed by atoms with Crippen LogP contribution in [-0.2, 0) is 19.1 Å². The van der Waals surface area contributed by atoms with Crippen molar-refractivity contribution in [3.63, 3.8) is 0 Å². The van der Waals surface area contributed by atoms with Crippen LogP contribution in [0.15, 0.2) is 23.8 Å². The summed E-state index contributed by atoms with van der Waals surface area (Å²) in [6, 6.07) is 0. The van der Waals surface area contributed by atoms with Crippen molar-refractivity contribution in [1.29, 1.82) is 0 Å². The van der Waals surface area contributed by atoms with Gasteiger partial charge in [-0.05, 0) is 32.1 Å². The van der Waals surface area contributed by atoms with Crippen LogP contribution in [0.5, 0.6) is 0 Å². The summed E-state index contributed by atoms with van der Waals surface area (Å²) in [6.07, 6.45) is 4.93. The SMILES string of the molecule is C=CC(C)(CC(=O)[C@@]1(C)C2=C(CCC2=O)CC[C@H]1C)C1OCCO1. The van der Waals surface area contributed by atoms with Gasteiger partial charge >= 0.3 is 0 Å². The third-order valence-electron chi connectivity index (χ3n) is 6.42. The van der Waals surface area contributed by atoms with E-state index in [9.17, 15) is 9.59 Å². The predicted octanol–water partition coefficient (Wildman–Crippen LogP) is 3.61. The number of allylic oxidation sites excluding steroid dienone is 2. The summed E-state index contributed by atoms with van der Waals surface area (Å²) < 4.78 is 11.3. The Labute approximate surface area is 144 Å². The van der Waals surface area contributed by atoms with Gasteiger partial charge in [-0.3, -0.25) is 9.59 Å². The Morgan fingerprint density at radius 1 is 1.33 bits per heavy atom. The first-order valence-electron chi connectivity index (χ1n) is 8.98. The number of hydrogen-bond donors (Lipinski definition) is 0. The maximum absolute atomic E-state index is 13.4. The van der Waals surface area contributed by atoms with Gasteiger partial charge < -0.3 is 9.47 Å². The van der Waals surface area contributed by atoms with Crippen LogP contribution in [-0.4, -0.2) is 31.1 Å². The molecule has 4 nitrogen and oxygen atoms in total. The van der Waals surface area contributed by atoms with Gasteiger partial charge in [0.15, 0.2) is 12.1 Å². The molecule has 1 saturated heterocycles. The third-order valence-corrected chi connectivity index (χ3v) is 6.42. The second kappa shape index (κ2) is 6.23. The molecule has 3 rings (SSSR count). The van der Waals surface area contributed by atoms with Crippen LogP contribution in [0.25, 0.3) is 0 Å². The fraction of sp³-hybridized carbons (Fsp3) is 0.700. The molecule has 0 bridgehead atoms. The van der Waals surface area contributed by atoms with Crippen molar-refractivity contribution in [3.8, 4) is 0 Å². The molecule has 0 radical (unpaired) electrons. The monoisotopic (exact) mass is 332 g/mol. The second-order valence-electron chi connectivity index (χ2n) is 7.93. The van der Waals surface area contributed by atoms with Crippen molar-refractivity contribution in [2.24, 2.45) is 16.7 Å². The lowest BCUT2D eigenvalue weighted by Gasteiger charge is -2.42. The molecule has 0 aromatic carbocycles. The van der Waals surface area contributed by atoms with Gasteiger partial charge in [0.25, 0.3) is 0 Å². The highest BCUT2D eigenvalue weighted by Gasteiger charge is 2.51. The molecular weight excluding hydrogens is 304 g/mol. The summed E-state index contributed by atoms with van der Waals surface area (Å²) >= 11 is 0. The first-order valence-corrected chi connectivity index (χ1v) is 8.98. The van der Waals surface area contributed by atoms with Gasteiger partial charge in [-0.1, -0.05) is 25.5 Å². The van der Waals surface area contributed by atoms with Crippen LogP contribution >= 0.6 is 0 Å². The molecule has 3 aliphatic rings. The number of ether oxygens (including phenoxy) is 2. The maximum Gasteiger partial charge on any atom is 0.166 e.